The maximum absolute atomic E-state index is 11.7. The number of fused-ring (bicyclic) bond motifs is 1. The van der Waals surface area contributed by atoms with E-state index in [9.17, 15) is 4.79 Å². The normalized spacial score (nSPS) is 19.7. The lowest BCUT2D eigenvalue weighted by Crippen LogP contribution is -2.48. The summed E-state index contributed by atoms with van der Waals surface area (Å²) in [4.78, 5) is 14.1. The van der Waals surface area contributed by atoms with Gasteiger partial charge in [-0.25, -0.2) is 0 Å². The standard InChI is InChI=1S/C19H25N3O/c1-6-22-17-8-7-14(9-15(12-20)18(23)21-5)10-16(17)13(2)11-19(22,3)4/h7-10,13H,6,11H2,1-5H3,(H,21,23)/b15-9-/t13-/m0/s1. The van der Waals surface area contributed by atoms with E-state index in [0.29, 0.717) is 5.92 Å². The molecule has 0 aliphatic carbocycles. The van der Waals surface area contributed by atoms with Crippen molar-refractivity contribution in [2.75, 3.05) is 18.5 Å². The fourth-order valence-corrected chi connectivity index (χ4v) is 3.65. The van der Waals surface area contributed by atoms with Gasteiger partial charge in [0.1, 0.15) is 11.6 Å². The number of nitrogens with one attached hydrogen (secondary N) is 1. The minimum atomic E-state index is -0.352. The smallest absolute Gasteiger partial charge is 0.261 e. The highest BCUT2D eigenvalue weighted by Gasteiger charge is 2.35. The Morgan fingerprint density at radius 3 is 2.78 bits per heavy atom. The monoisotopic (exact) mass is 311 g/mol. The van der Waals surface area contributed by atoms with E-state index in [2.05, 4.69) is 50.0 Å². The highest BCUT2D eigenvalue weighted by atomic mass is 16.1. The Balaban J connectivity index is 2.48. The molecule has 1 aromatic carbocycles. The van der Waals surface area contributed by atoms with E-state index in [0.717, 1.165) is 18.5 Å². The number of benzene rings is 1. The van der Waals surface area contributed by atoms with E-state index in [4.69, 9.17) is 5.26 Å². The summed E-state index contributed by atoms with van der Waals surface area (Å²) in [6.45, 7) is 9.94. The number of anilines is 1. The van der Waals surface area contributed by atoms with Gasteiger partial charge in [-0.2, -0.15) is 5.26 Å². The summed E-state index contributed by atoms with van der Waals surface area (Å²) in [6, 6.07) is 8.17. The zero-order valence-corrected chi connectivity index (χ0v) is 14.6. The molecule has 1 amide bonds. The van der Waals surface area contributed by atoms with Crippen molar-refractivity contribution >= 4 is 17.7 Å². The van der Waals surface area contributed by atoms with Crippen LogP contribution in [0.3, 0.4) is 0 Å². The highest BCUT2D eigenvalue weighted by molar-refractivity contribution is 6.01. The minimum absolute atomic E-state index is 0.128. The van der Waals surface area contributed by atoms with Crippen LogP contribution in [-0.2, 0) is 4.79 Å². The maximum atomic E-state index is 11.7. The Hall–Kier alpha value is -2.28. The van der Waals surface area contributed by atoms with Crippen LogP contribution in [0.15, 0.2) is 23.8 Å². The molecule has 1 aromatic rings. The minimum Gasteiger partial charge on any atom is -0.366 e. The third-order valence-electron chi connectivity index (χ3n) is 4.63. The topological polar surface area (TPSA) is 56.1 Å². The SMILES string of the molecule is CCN1c2ccc(/C=C(/C#N)C(=O)NC)cc2[C@@H](C)CC1(C)C. The molecule has 0 radical (unpaired) electrons. The number of nitrogens with zero attached hydrogens (tertiary/aromatic N) is 2. The second kappa shape index (κ2) is 6.45. The predicted molar refractivity (Wildman–Crippen MR) is 94.2 cm³/mol. The van der Waals surface area contributed by atoms with Gasteiger partial charge in [0, 0.05) is 24.8 Å². The van der Waals surface area contributed by atoms with Crippen molar-refractivity contribution in [3.05, 3.63) is 34.9 Å². The van der Waals surface area contributed by atoms with E-state index in [-0.39, 0.29) is 17.0 Å². The Morgan fingerprint density at radius 2 is 2.22 bits per heavy atom. The van der Waals surface area contributed by atoms with Gasteiger partial charge < -0.3 is 10.2 Å². The molecule has 23 heavy (non-hydrogen) atoms. The van der Waals surface area contributed by atoms with Crippen LogP contribution < -0.4 is 10.2 Å². The van der Waals surface area contributed by atoms with Crippen molar-refractivity contribution in [1.82, 2.24) is 5.32 Å². The van der Waals surface area contributed by atoms with Gasteiger partial charge in [0.25, 0.3) is 5.91 Å². The number of amides is 1. The van der Waals surface area contributed by atoms with Gasteiger partial charge in [-0.3, -0.25) is 4.79 Å². The van der Waals surface area contributed by atoms with Crippen LogP contribution in [0.1, 0.15) is 51.2 Å². The third-order valence-corrected chi connectivity index (χ3v) is 4.63. The van der Waals surface area contributed by atoms with E-state index >= 15 is 0 Å². The number of carbonyl (C=O) groups is 1. The summed E-state index contributed by atoms with van der Waals surface area (Å²) in [5.41, 5.74) is 3.70. The molecule has 0 fully saturated rings. The van der Waals surface area contributed by atoms with Crippen LogP contribution in [0.5, 0.6) is 0 Å². The van der Waals surface area contributed by atoms with Crippen molar-refractivity contribution in [2.24, 2.45) is 0 Å². The van der Waals surface area contributed by atoms with Gasteiger partial charge in [0.15, 0.2) is 0 Å². The molecule has 1 aliphatic rings. The first kappa shape index (κ1) is 17.1. The molecule has 2 rings (SSSR count). The van der Waals surface area contributed by atoms with Crippen molar-refractivity contribution in [1.29, 1.82) is 5.26 Å². The van der Waals surface area contributed by atoms with Crippen molar-refractivity contribution in [2.45, 2.75) is 45.6 Å². The van der Waals surface area contributed by atoms with Gasteiger partial charge in [-0.15, -0.1) is 0 Å². The lowest BCUT2D eigenvalue weighted by Gasteiger charge is -2.47. The van der Waals surface area contributed by atoms with Gasteiger partial charge in [-0.1, -0.05) is 13.0 Å². The number of likely N-dealkylation sites (N-methyl/N-ethyl adjacent to an activating group) is 1. The molecule has 0 saturated heterocycles. The molecule has 1 atom stereocenters. The van der Waals surface area contributed by atoms with E-state index in [1.54, 1.807) is 6.08 Å². The Labute approximate surface area is 138 Å². The molecular weight excluding hydrogens is 286 g/mol. The van der Waals surface area contributed by atoms with Crippen LogP contribution >= 0.6 is 0 Å². The molecule has 0 bridgehead atoms. The van der Waals surface area contributed by atoms with Crippen molar-refractivity contribution in [3.63, 3.8) is 0 Å². The molecule has 1 heterocycles. The first-order chi connectivity index (χ1) is 10.8. The van der Waals surface area contributed by atoms with Gasteiger partial charge in [-0.05, 0) is 62.4 Å². The molecule has 4 heteroatoms. The first-order valence-corrected chi connectivity index (χ1v) is 8.09. The van der Waals surface area contributed by atoms with Gasteiger partial charge in [0.05, 0.1) is 0 Å². The Morgan fingerprint density at radius 1 is 1.52 bits per heavy atom. The predicted octanol–water partition coefficient (Wildman–Crippen LogP) is 3.45. The third kappa shape index (κ3) is 3.24. The molecule has 0 spiro atoms. The zero-order chi connectivity index (χ0) is 17.2. The van der Waals surface area contributed by atoms with Gasteiger partial charge >= 0.3 is 0 Å². The summed E-state index contributed by atoms with van der Waals surface area (Å²) < 4.78 is 0. The largest absolute Gasteiger partial charge is 0.366 e. The summed E-state index contributed by atoms with van der Waals surface area (Å²) >= 11 is 0. The van der Waals surface area contributed by atoms with Crippen LogP contribution in [0.25, 0.3) is 6.08 Å². The van der Waals surface area contributed by atoms with Crippen LogP contribution in [-0.4, -0.2) is 25.0 Å². The molecular formula is C19H25N3O. The average Bonchev–Trinajstić information content (AvgIpc) is 2.51. The van der Waals surface area contributed by atoms with E-state index in [1.807, 2.05) is 12.1 Å². The second-order valence-corrected chi connectivity index (χ2v) is 6.73. The van der Waals surface area contributed by atoms with Crippen LogP contribution in [0.2, 0.25) is 0 Å². The summed E-state index contributed by atoms with van der Waals surface area (Å²) in [6.07, 6.45) is 2.74. The van der Waals surface area contributed by atoms with Gasteiger partial charge in [0.2, 0.25) is 0 Å². The average molecular weight is 311 g/mol. The molecule has 1 N–H and O–H groups in total. The Bertz CT molecular complexity index is 682. The lowest BCUT2D eigenvalue weighted by molar-refractivity contribution is -0.116. The maximum Gasteiger partial charge on any atom is 0.261 e. The molecule has 0 aromatic heterocycles. The van der Waals surface area contributed by atoms with Crippen LogP contribution in [0, 0.1) is 11.3 Å². The molecule has 4 nitrogen and oxygen atoms in total. The summed E-state index contributed by atoms with van der Waals surface area (Å²) in [7, 11) is 1.53. The number of rotatable bonds is 3. The first-order valence-electron chi connectivity index (χ1n) is 8.09. The van der Waals surface area contributed by atoms with Crippen LogP contribution in [0.4, 0.5) is 5.69 Å². The van der Waals surface area contributed by atoms with E-state index in [1.165, 1.54) is 18.3 Å². The fraction of sp³-hybridized carbons (Fsp3) is 0.474. The fourth-order valence-electron chi connectivity index (χ4n) is 3.65. The molecule has 0 unspecified atom stereocenters. The quantitative estimate of drug-likeness (QED) is 0.687. The molecule has 1 aliphatic heterocycles. The van der Waals surface area contributed by atoms with E-state index < -0.39 is 0 Å². The number of carbonyl (C=O) groups excluding carboxylic acids is 1. The number of nitriles is 1. The highest BCUT2D eigenvalue weighted by Crippen LogP contribution is 2.43. The summed E-state index contributed by atoms with van der Waals surface area (Å²) in [5.74, 6) is 0.0938. The second-order valence-electron chi connectivity index (χ2n) is 6.73. The lowest BCUT2D eigenvalue weighted by atomic mass is 9.79. The van der Waals surface area contributed by atoms with Crippen molar-refractivity contribution < 1.29 is 4.79 Å². The van der Waals surface area contributed by atoms with Crippen molar-refractivity contribution in [3.8, 4) is 6.07 Å². The Kier molecular flexibility index (Phi) is 4.79. The number of hydrogen-bond acceptors (Lipinski definition) is 3. The molecule has 0 saturated carbocycles. The summed E-state index contributed by atoms with van der Waals surface area (Å²) in [5, 5.41) is 11.6. The molecule has 122 valence electrons. The number of hydrogen-bond donors (Lipinski definition) is 1. The zero-order valence-electron chi connectivity index (χ0n) is 14.6.